The first-order chi connectivity index (χ1) is 9.97. The smallest absolute Gasteiger partial charge is 0.141 e. The summed E-state index contributed by atoms with van der Waals surface area (Å²) in [5.41, 5.74) is 1.02. The zero-order valence-corrected chi connectivity index (χ0v) is 13.7. The molecule has 0 aliphatic heterocycles. The van der Waals surface area contributed by atoms with Crippen molar-refractivity contribution in [2.24, 2.45) is 0 Å². The molecule has 0 aliphatic rings. The third-order valence-corrected chi connectivity index (χ3v) is 3.99. The van der Waals surface area contributed by atoms with Crippen LogP contribution in [0.15, 0.2) is 34.8 Å². The van der Waals surface area contributed by atoms with Crippen LogP contribution in [0.3, 0.4) is 0 Å². The van der Waals surface area contributed by atoms with Crippen molar-refractivity contribution in [2.75, 3.05) is 14.2 Å². The van der Waals surface area contributed by atoms with Crippen molar-refractivity contribution in [3.05, 3.63) is 62.6 Å². The molecule has 112 valence electrons. The average Bonchev–Trinajstić information content (AvgIpc) is 2.45. The van der Waals surface area contributed by atoms with E-state index in [4.69, 9.17) is 16.3 Å². The average molecular weight is 377 g/mol. The molecule has 2 aromatic rings. The van der Waals surface area contributed by atoms with Crippen LogP contribution in [0.5, 0.6) is 5.75 Å². The van der Waals surface area contributed by atoms with E-state index in [1.165, 1.54) is 19.2 Å². The first kappa shape index (κ1) is 16.2. The molecule has 0 spiro atoms. The SMILES string of the molecule is CNC(c1ccc(Cl)cc1F)c1cc(Br)c(F)cc1OC. The fraction of sp³-hybridized carbons (Fsp3) is 0.200. The molecule has 2 aromatic carbocycles. The van der Waals surface area contributed by atoms with Gasteiger partial charge in [-0.2, -0.15) is 0 Å². The maximum atomic E-state index is 14.1. The molecule has 1 unspecified atom stereocenters. The lowest BCUT2D eigenvalue weighted by Crippen LogP contribution is -2.20. The van der Waals surface area contributed by atoms with E-state index >= 15 is 0 Å². The van der Waals surface area contributed by atoms with Crippen LogP contribution in [0.25, 0.3) is 0 Å². The van der Waals surface area contributed by atoms with E-state index in [0.29, 0.717) is 21.9 Å². The van der Waals surface area contributed by atoms with Crippen molar-refractivity contribution in [1.29, 1.82) is 0 Å². The largest absolute Gasteiger partial charge is 0.496 e. The summed E-state index contributed by atoms with van der Waals surface area (Å²) in [6, 6.07) is 6.78. The Labute approximate surface area is 135 Å². The Morgan fingerprint density at radius 3 is 2.43 bits per heavy atom. The Kier molecular flexibility index (Phi) is 5.19. The van der Waals surface area contributed by atoms with Gasteiger partial charge in [-0.15, -0.1) is 0 Å². The summed E-state index contributed by atoms with van der Waals surface area (Å²) in [5.74, 6) is -0.546. The number of benzene rings is 2. The van der Waals surface area contributed by atoms with Crippen LogP contribution >= 0.6 is 27.5 Å². The predicted octanol–water partition coefficient (Wildman–Crippen LogP) is 4.70. The lowest BCUT2D eigenvalue weighted by atomic mass is 9.97. The minimum Gasteiger partial charge on any atom is -0.496 e. The molecule has 21 heavy (non-hydrogen) atoms. The molecule has 0 aromatic heterocycles. The van der Waals surface area contributed by atoms with Crippen molar-refractivity contribution in [3.8, 4) is 5.75 Å². The number of methoxy groups -OCH3 is 1. The summed E-state index contributed by atoms with van der Waals surface area (Å²) in [5, 5.41) is 3.33. The second-order valence-corrected chi connectivity index (χ2v) is 5.69. The highest BCUT2D eigenvalue weighted by molar-refractivity contribution is 9.10. The molecule has 0 bridgehead atoms. The maximum absolute atomic E-state index is 14.1. The van der Waals surface area contributed by atoms with E-state index in [9.17, 15) is 8.78 Å². The van der Waals surface area contributed by atoms with Gasteiger partial charge in [-0.1, -0.05) is 17.7 Å². The highest BCUT2D eigenvalue weighted by atomic mass is 79.9. The highest BCUT2D eigenvalue weighted by Crippen LogP contribution is 2.35. The van der Waals surface area contributed by atoms with Crippen molar-refractivity contribution in [3.63, 3.8) is 0 Å². The standard InChI is InChI=1S/C15H13BrClF2NO/c1-20-15(9-4-3-8(17)5-12(9)18)10-6-11(16)13(19)7-14(10)21-2/h3-7,15,20H,1-2H3. The van der Waals surface area contributed by atoms with Crippen LogP contribution < -0.4 is 10.1 Å². The molecular formula is C15H13BrClF2NO. The molecule has 0 amide bonds. The monoisotopic (exact) mass is 375 g/mol. The minimum absolute atomic E-state index is 0.285. The molecule has 0 saturated heterocycles. The van der Waals surface area contributed by atoms with Gasteiger partial charge in [0.15, 0.2) is 0 Å². The lowest BCUT2D eigenvalue weighted by molar-refractivity contribution is 0.400. The Hall–Kier alpha value is -1.17. The molecule has 0 heterocycles. The number of nitrogens with one attached hydrogen (secondary N) is 1. The van der Waals surface area contributed by atoms with Crippen LogP contribution in [0, 0.1) is 11.6 Å². The maximum Gasteiger partial charge on any atom is 0.141 e. The van der Waals surface area contributed by atoms with Crippen LogP contribution in [-0.4, -0.2) is 14.2 Å². The molecule has 0 aliphatic carbocycles. The van der Waals surface area contributed by atoms with Gasteiger partial charge in [0.2, 0.25) is 0 Å². The summed E-state index contributed by atoms with van der Waals surface area (Å²) in [4.78, 5) is 0. The molecular weight excluding hydrogens is 364 g/mol. The Morgan fingerprint density at radius 1 is 1.14 bits per heavy atom. The van der Waals surface area contributed by atoms with E-state index in [2.05, 4.69) is 21.2 Å². The fourth-order valence-electron chi connectivity index (χ4n) is 2.16. The number of halogens is 4. The van der Waals surface area contributed by atoms with Crippen LogP contribution in [0.2, 0.25) is 5.02 Å². The summed E-state index contributed by atoms with van der Waals surface area (Å²) in [6.45, 7) is 0. The van der Waals surface area contributed by atoms with Gasteiger partial charge in [0, 0.05) is 22.2 Å². The molecule has 6 heteroatoms. The van der Waals surface area contributed by atoms with E-state index < -0.39 is 17.7 Å². The normalized spacial score (nSPS) is 12.3. The van der Waals surface area contributed by atoms with E-state index in [-0.39, 0.29) is 4.47 Å². The van der Waals surface area contributed by atoms with Gasteiger partial charge < -0.3 is 10.1 Å². The number of ether oxygens (including phenoxy) is 1. The summed E-state index contributed by atoms with van der Waals surface area (Å²) >= 11 is 8.91. The first-order valence-electron chi connectivity index (χ1n) is 6.13. The number of hydrogen-bond acceptors (Lipinski definition) is 2. The van der Waals surface area contributed by atoms with Gasteiger partial charge in [0.1, 0.15) is 17.4 Å². The van der Waals surface area contributed by atoms with Crippen molar-refractivity contribution in [1.82, 2.24) is 5.32 Å². The fourth-order valence-corrected chi connectivity index (χ4v) is 2.68. The van der Waals surface area contributed by atoms with Gasteiger partial charge in [0.25, 0.3) is 0 Å². The van der Waals surface area contributed by atoms with Gasteiger partial charge in [0.05, 0.1) is 17.6 Å². The van der Waals surface area contributed by atoms with E-state index in [1.54, 1.807) is 25.2 Å². The Morgan fingerprint density at radius 2 is 1.86 bits per heavy atom. The lowest BCUT2D eigenvalue weighted by Gasteiger charge is -2.21. The van der Waals surface area contributed by atoms with Gasteiger partial charge >= 0.3 is 0 Å². The van der Waals surface area contributed by atoms with Crippen LogP contribution in [0.1, 0.15) is 17.2 Å². The number of rotatable bonds is 4. The van der Waals surface area contributed by atoms with E-state index in [1.807, 2.05) is 0 Å². The molecule has 1 N–H and O–H groups in total. The van der Waals surface area contributed by atoms with Crippen molar-refractivity contribution in [2.45, 2.75) is 6.04 Å². The molecule has 2 rings (SSSR count). The molecule has 1 atom stereocenters. The van der Waals surface area contributed by atoms with Gasteiger partial charge in [-0.05, 0) is 41.2 Å². The summed E-state index contributed by atoms with van der Waals surface area (Å²) in [7, 11) is 3.13. The third-order valence-electron chi connectivity index (χ3n) is 3.15. The Bertz CT molecular complexity index is 666. The second kappa shape index (κ2) is 6.73. The second-order valence-electron chi connectivity index (χ2n) is 4.40. The molecule has 0 radical (unpaired) electrons. The first-order valence-corrected chi connectivity index (χ1v) is 7.30. The highest BCUT2D eigenvalue weighted by Gasteiger charge is 2.21. The molecule has 0 fully saturated rings. The topological polar surface area (TPSA) is 21.3 Å². The van der Waals surface area contributed by atoms with Gasteiger partial charge in [-0.25, -0.2) is 8.78 Å². The molecule has 0 saturated carbocycles. The molecule has 2 nitrogen and oxygen atoms in total. The Balaban J connectivity index is 2.58. The van der Waals surface area contributed by atoms with Crippen LogP contribution in [-0.2, 0) is 0 Å². The van der Waals surface area contributed by atoms with Gasteiger partial charge in [-0.3, -0.25) is 0 Å². The zero-order valence-electron chi connectivity index (χ0n) is 11.4. The predicted molar refractivity (Wildman–Crippen MR) is 83.0 cm³/mol. The van der Waals surface area contributed by atoms with Crippen LogP contribution in [0.4, 0.5) is 8.78 Å². The van der Waals surface area contributed by atoms with Crippen molar-refractivity contribution < 1.29 is 13.5 Å². The summed E-state index contributed by atoms with van der Waals surface area (Å²) < 4.78 is 33.2. The number of hydrogen-bond donors (Lipinski definition) is 1. The third kappa shape index (κ3) is 3.36. The minimum atomic E-state index is -0.492. The van der Waals surface area contributed by atoms with E-state index in [0.717, 1.165) is 0 Å². The zero-order chi connectivity index (χ0) is 15.6. The quantitative estimate of drug-likeness (QED) is 0.835. The van der Waals surface area contributed by atoms with Crippen molar-refractivity contribution >= 4 is 27.5 Å². The summed E-state index contributed by atoms with van der Waals surface area (Å²) in [6.07, 6.45) is 0.